The molecule has 0 radical (unpaired) electrons. The summed E-state index contributed by atoms with van der Waals surface area (Å²) in [5.74, 6) is 3.17. The van der Waals surface area contributed by atoms with Gasteiger partial charge in [-0.05, 0) is 48.8 Å². The third-order valence-electron chi connectivity index (χ3n) is 4.20. The fraction of sp³-hybridized carbons (Fsp3) is 0.389. The Hall–Kier alpha value is -1.95. The summed E-state index contributed by atoms with van der Waals surface area (Å²) >= 11 is 1.87. The van der Waals surface area contributed by atoms with E-state index >= 15 is 0 Å². The molecule has 128 valence electrons. The number of halogens is 1. The van der Waals surface area contributed by atoms with Crippen molar-refractivity contribution in [1.29, 1.82) is 0 Å². The highest BCUT2D eigenvalue weighted by molar-refractivity contribution is 7.98. The molecule has 1 aromatic heterocycles. The molecule has 1 aromatic carbocycles. The van der Waals surface area contributed by atoms with Crippen LogP contribution in [0.4, 0.5) is 14.9 Å². The lowest BCUT2D eigenvalue weighted by molar-refractivity contribution is 0.187. The molecular formula is C18H21FN2O2S. The molecule has 6 heteroatoms. The number of rotatable bonds is 5. The van der Waals surface area contributed by atoms with Gasteiger partial charge < -0.3 is 14.6 Å². The Morgan fingerprint density at radius 2 is 2.04 bits per heavy atom. The maximum absolute atomic E-state index is 13.6. The third-order valence-corrected chi connectivity index (χ3v) is 5.39. The van der Waals surface area contributed by atoms with E-state index < -0.39 is 5.82 Å². The van der Waals surface area contributed by atoms with Crippen LogP contribution < -0.4 is 5.32 Å². The first kappa shape index (κ1) is 16.9. The SMILES string of the molecule is O=C(Nc1ccccc1F)N1CCC(CSCc2ccco2)CC1. The maximum Gasteiger partial charge on any atom is 0.321 e. The van der Waals surface area contributed by atoms with Gasteiger partial charge in [-0.3, -0.25) is 0 Å². The number of benzene rings is 1. The van der Waals surface area contributed by atoms with Gasteiger partial charge in [0.2, 0.25) is 0 Å². The highest BCUT2D eigenvalue weighted by atomic mass is 32.2. The van der Waals surface area contributed by atoms with Gasteiger partial charge >= 0.3 is 6.03 Å². The smallest absolute Gasteiger partial charge is 0.321 e. The number of likely N-dealkylation sites (tertiary alicyclic amines) is 1. The van der Waals surface area contributed by atoms with Gasteiger partial charge in [0.25, 0.3) is 0 Å². The molecule has 1 saturated heterocycles. The number of anilines is 1. The average Bonchev–Trinajstić information content (AvgIpc) is 3.11. The summed E-state index contributed by atoms with van der Waals surface area (Å²) in [4.78, 5) is 14.0. The first-order valence-electron chi connectivity index (χ1n) is 8.13. The van der Waals surface area contributed by atoms with Crippen molar-refractivity contribution < 1.29 is 13.6 Å². The number of piperidine rings is 1. The van der Waals surface area contributed by atoms with E-state index in [-0.39, 0.29) is 11.7 Å². The van der Waals surface area contributed by atoms with Crippen molar-refractivity contribution in [3.63, 3.8) is 0 Å². The Morgan fingerprint density at radius 3 is 2.75 bits per heavy atom. The van der Waals surface area contributed by atoms with E-state index in [9.17, 15) is 9.18 Å². The molecule has 0 atom stereocenters. The van der Waals surface area contributed by atoms with Gasteiger partial charge in [0.15, 0.2) is 0 Å². The standard InChI is InChI=1S/C18H21FN2O2S/c19-16-5-1-2-6-17(16)20-18(22)21-9-7-14(8-10-21)12-24-13-15-4-3-11-23-15/h1-6,11,14H,7-10,12-13H2,(H,20,22). The Morgan fingerprint density at radius 1 is 1.25 bits per heavy atom. The van der Waals surface area contributed by atoms with Crippen LogP contribution in [0.2, 0.25) is 0 Å². The summed E-state index contributed by atoms with van der Waals surface area (Å²) in [5.41, 5.74) is 0.235. The molecule has 1 fully saturated rings. The number of para-hydroxylation sites is 1. The summed E-state index contributed by atoms with van der Waals surface area (Å²) in [6.45, 7) is 1.43. The molecule has 4 nitrogen and oxygen atoms in total. The number of urea groups is 1. The summed E-state index contributed by atoms with van der Waals surface area (Å²) in [7, 11) is 0. The third kappa shape index (κ3) is 4.54. The van der Waals surface area contributed by atoms with Gasteiger partial charge in [-0.25, -0.2) is 9.18 Å². The highest BCUT2D eigenvalue weighted by Gasteiger charge is 2.23. The number of amides is 2. The van der Waals surface area contributed by atoms with Crippen LogP contribution >= 0.6 is 11.8 Å². The number of carbonyl (C=O) groups is 1. The molecule has 1 aliphatic rings. The number of furan rings is 1. The van der Waals surface area contributed by atoms with E-state index in [1.165, 1.54) is 6.07 Å². The molecule has 2 heterocycles. The molecule has 0 aliphatic carbocycles. The van der Waals surface area contributed by atoms with Crippen LogP contribution in [0.5, 0.6) is 0 Å². The van der Waals surface area contributed by atoms with Crippen LogP contribution in [0.25, 0.3) is 0 Å². The summed E-state index contributed by atoms with van der Waals surface area (Å²) in [5, 5.41) is 2.65. The molecule has 24 heavy (non-hydrogen) atoms. The van der Waals surface area contributed by atoms with Crippen molar-refractivity contribution >= 4 is 23.5 Å². The molecule has 1 N–H and O–H groups in total. The first-order chi connectivity index (χ1) is 11.7. The Labute approximate surface area is 145 Å². The Bertz CT molecular complexity index is 655. The van der Waals surface area contributed by atoms with Crippen LogP contribution in [0.1, 0.15) is 18.6 Å². The fourth-order valence-electron chi connectivity index (χ4n) is 2.78. The van der Waals surface area contributed by atoms with Crippen LogP contribution in [0.15, 0.2) is 47.1 Å². The van der Waals surface area contributed by atoms with E-state index in [1.807, 2.05) is 23.9 Å². The zero-order valence-electron chi connectivity index (χ0n) is 13.4. The second kappa shape index (κ2) is 8.24. The van der Waals surface area contributed by atoms with Gasteiger partial charge in [-0.1, -0.05) is 12.1 Å². The van der Waals surface area contributed by atoms with Crippen molar-refractivity contribution in [2.45, 2.75) is 18.6 Å². The molecule has 0 unspecified atom stereocenters. The van der Waals surface area contributed by atoms with Crippen molar-refractivity contribution in [2.75, 3.05) is 24.2 Å². The first-order valence-corrected chi connectivity index (χ1v) is 9.28. The van der Waals surface area contributed by atoms with Gasteiger partial charge in [0, 0.05) is 13.1 Å². The highest BCUT2D eigenvalue weighted by Crippen LogP contribution is 2.24. The minimum Gasteiger partial charge on any atom is -0.468 e. The van der Waals surface area contributed by atoms with Gasteiger partial charge in [-0.15, -0.1) is 0 Å². The van der Waals surface area contributed by atoms with Crippen LogP contribution in [-0.4, -0.2) is 29.8 Å². The molecule has 3 rings (SSSR count). The van der Waals surface area contributed by atoms with E-state index in [4.69, 9.17) is 4.42 Å². The number of hydrogen-bond acceptors (Lipinski definition) is 3. The van der Waals surface area contributed by atoms with Crippen molar-refractivity contribution in [3.8, 4) is 0 Å². The molecule has 0 bridgehead atoms. The largest absolute Gasteiger partial charge is 0.468 e. The monoisotopic (exact) mass is 348 g/mol. The zero-order valence-corrected chi connectivity index (χ0v) is 14.2. The van der Waals surface area contributed by atoms with Crippen LogP contribution in [0.3, 0.4) is 0 Å². The minimum absolute atomic E-state index is 0.221. The number of nitrogens with zero attached hydrogens (tertiary/aromatic N) is 1. The number of nitrogens with one attached hydrogen (secondary N) is 1. The molecule has 1 aliphatic heterocycles. The van der Waals surface area contributed by atoms with E-state index in [0.29, 0.717) is 19.0 Å². The Balaban J connectivity index is 1.40. The van der Waals surface area contributed by atoms with Gasteiger partial charge in [0.1, 0.15) is 11.6 Å². The molecule has 2 amide bonds. The lowest BCUT2D eigenvalue weighted by Crippen LogP contribution is -2.41. The molecule has 0 spiro atoms. The zero-order chi connectivity index (χ0) is 16.8. The van der Waals surface area contributed by atoms with Crippen molar-refractivity contribution in [2.24, 2.45) is 5.92 Å². The molecular weight excluding hydrogens is 327 g/mol. The molecule has 0 saturated carbocycles. The second-order valence-electron chi connectivity index (χ2n) is 5.93. The van der Waals surface area contributed by atoms with Gasteiger partial charge in [-0.2, -0.15) is 11.8 Å². The second-order valence-corrected chi connectivity index (χ2v) is 6.97. The maximum atomic E-state index is 13.6. The summed E-state index contributed by atoms with van der Waals surface area (Å²) in [6, 6.07) is 9.91. The number of carbonyl (C=O) groups excluding carboxylic acids is 1. The minimum atomic E-state index is -0.407. The summed E-state index contributed by atoms with van der Waals surface area (Å²) < 4.78 is 18.9. The lowest BCUT2D eigenvalue weighted by Gasteiger charge is -2.31. The molecule has 2 aromatic rings. The normalized spacial score (nSPS) is 15.5. The van der Waals surface area contributed by atoms with Crippen molar-refractivity contribution in [3.05, 3.63) is 54.2 Å². The van der Waals surface area contributed by atoms with Crippen LogP contribution in [-0.2, 0) is 5.75 Å². The van der Waals surface area contributed by atoms with Crippen LogP contribution in [0, 0.1) is 11.7 Å². The Kier molecular flexibility index (Phi) is 5.80. The predicted molar refractivity (Wildman–Crippen MR) is 94.6 cm³/mol. The average molecular weight is 348 g/mol. The van der Waals surface area contributed by atoms with Gasteiger partial charge in [0.05, 0.1) is 17.7 Å². The van der Waals surface area contributed by atoms with E-state index in [0.717, 1.165) is 30.1 Å². The number of hydrogen-bond donors (Lipinski definition) is 1. The van der Waals surface area contributed by atoms with E-state index in [2.05, 4.69) is 5.32 Å². The number of thioether (sulfide) groups is 1. The predicted octanol–water partition coefficient (Wildman–Crippen LogP) is 4.60. The fourth-order valence-corrected chi connectivity index (χ4v) is 3.93. The topological polar surface area (TPSA) is 45.5 Å². The van der Waals surface area contributed by atoms with E-state index in [1.54, 1.807) is 29.4 Å². The van der Waals surface area contributed by atoms with Crippen molar-refractivity contribution in [1.82, 2.24) is 4.90 Å². The summed E-state index contributed by atoms with van der Waals surface area (Å²) in [6.07, 6.45) is 3.66. The lowest BCUT2D eigenvalue weighted by atomic mass is 9.99. The quantitative estimate of drug-likeness (QED) is 0.859.